The Morgan fingerprint density at radius 2 is 1.74 bits per heavy atom. The highest BCUT2D eigenvalue weighted by Crippen LogP contribution is 2.39. The van der Waals surface area contributed by atoms with Crippen LogP contribution in [0.15, 0.2) is 47.1 Å². The molecule has 3 aromatic rings. The zero-order chi connectivity index (χ0) is 24.1. The predicted molar refractivity (Wildman–Crippen MR) is 131 cm³/mol. The number of fused-ring (bicyclic) bond motifs is 2. The summed E-state index contributed by atoms with van der Waals surface area (Å²) >= 11 is 3.58. The number of benzene rings is 2. The molecule has 1 fully saturated rings. The molecule has 0 aliphatic carbocycles. The van der Waals surface area contributed by atoms with Crippen molar-refractivity contribution in [2.75, 3.05) is 50.8 Å². The van der Waals surface area contributed by atoms with Crippen LogP contribution in [-0.2, 0) is 16.0 Å². The summed E-state index contributed by atoms with van der Waals surface area (Å²) in [4.78, 5) is 26.6. The average Bonchev–Trinajstić information content (AvgIpc) is 3.25. The molecule has 0 atom stereocenters. The molecule has 180 valence electrons. The lowest BCUT2D eigenvalue weighted by Gasteiger charge is -2.37. The molecule has 0 unspecified atom stereocenters. The largest absolute Gasteiger partial charge is 0.486 e. The van der Waals surface area contributed by atoms with E-state index in [2.05, 4.69) is 67.2 Å². The van der Waals surface area contributed by atoms with E-state index in [0.717, 1.165) is 55.1 Å². The number of anilines is 1. The van der Waals surface area contributed by atoms with Crippen molar-refractivity contribution in [2.45, 2.75) is 6.42 Å². The van der Waals surface area contributed by atoms with Crippen molar-refractivity contribution in [2.24, 2.45) is 0 Å². The number of carbonyl (C=O) groups is 2. The molecule has 0 saturated carbocycles. The third-order valence-corrected chi connectivity index (χ3v) is 6.36. The van der Waals surface area contributed by atoms with Crippen LogP contribution in [0.5, 0.6) is 11.5 Å². The lowest BCUT2D eigenvalue weighted by molar-refractivity contribution is -0.159. The lowest BCUT2D eigenvalue weighted by atomic mass is 10.1. The van der Waals surface area contributed by atoms with Gasteiger partial charge in [-0.3, -0.25) is 4.90 Å². The van der Waals surface area contributed by atoms with Crippen LogP contribution in [0, 0.1) is 0 Å². The summed E-state index contributed by atoms with van der Waals surface area (Å²) in [5.74, 6) is -1.87. The molecule has 1 aromatic heterocycles. The van der Waals surface area contributed by atoms with Gasteiger partial charge in [0.05, 0.1) is 5.69 Å². The van der Waals surface area contributed by atoms with Gasteiger partial charge in [-0.05, 0) is 42.3 Å². The van der Waals surface area contributed by atoms with Crippen LogP contribution in [0.1, 0.15) is 5.56 Å². The van der Waals surface area contributed by atoms with E-state index in [9.17, 15) is 0 Å². The van der Waals surface area contributed by atoms with E-state index >= 15 is 0 Å². The van der Waals surface area contributed by atoms with Gasteiger partial charge in [0, 0.05) is 54.3 Å². The molecule has 0 radical (unpaired) electrons. The molecule has 2 aromatic carbocycles. The van der Waals surface area contributed by atoms with Crippen molar-refractivity contribution in [3.05, 3.63) is 52.6 Å². The Morgan fingerprint density at radius 1 is 1.00 bits per heavy atom. The van der Waals surface area contributed by atoms with E-state index in [1.165, 1.54) is 22.2 Å². The molecule has 0 spiro atoms. The fourth-order valence-electron chi connectivity index (χ4n) is 4.16. The van der Waals surface area contributed by atoms with Crippen molar-refractivity contribution >= 4 is 44.5 Å². The molecule has 0 amide bonds. The maximum Gasteiger partial charge on any atom is 0.414 e. The number of carboxylic acids is 2. The number of aliphatic carboxylic acids is 2. The highest BCUT2D eigenvalue weighted by atomic mass is 79.9. The maximum absolute atomic E-state index is 9.10. The minimum absolute atomic E-state index is 0.630. The van der Waals surface area contributed by atoms with Crippen molar-refractivity contribution in [3.8, 4) is 11.5 Å². The molecule has 9 nitrogen and oxygen atoms in total. The first-order valence-corrected chi connectivity index (χ1v) is 11.8. The molecule has 2 aliphatic rings. The summed E-state index contributed by atoms with van der Waals surface area (Å²) in [5, 5.41) is 16.1. The number of hydrogen-bond donors (Lipinski definition) is 3. The zero-order valence-corrected chi connectivity index (χ0v) is 20.1. The van der Waals surface area contributed by atoms with Gasteiger partial charge in [0.1, 0.15) is 13.2 Å². The summed E-state index contributed by atoms with van der Waals surface area (Å²) in [6.45, 7) is 6.50. The molecular formula is C24H26BrN3O6. The van der Waals surface area contributed by atoms with Crippen LogP contribution < -0.4 is 14.4 Å². The van der Waals surface area contributed by atoms with Gasteiger partial charge < -0.3 is 29.6 Å². The highest BCUT2D eigenvalue weighted by molar-refractivity contribution is 9.10. The monoisotopic (exact) mass is 531 g/mol. The van der Waals surface area contributed by atoms with Crippen LogP contribution in [0.2, 0.25) is 0 Å². The normalized spacial score (nSPS) is 15.5. The van der Waals surface area contributed by atoms with Crippen LogP contribution in [0.3, 0.4) is 0 Å². The van der Waals surface area contributed by atoms with Gasteiger partial charge in [-0.25, -0.2) is 9.59 Å². The Balaban J connectivity index is 0.000000408. The van der Waals surface area contributed by atoms with Crippen LogP contribution in [-0.4, -0.2) is 78.0 Å². The van der Waals surface area contributed by atoms with Crippen molar-refractivity contribution < 1.29 is 29.3 Å². The van der Waals surface area contributed by atoms with Crippen molar-refractivity contribution in [3.63, 3.8) is 0 Å². The third-order valence-electron chi connectivity index (χ3n) is 5.87. The van der Waals surface area contributed by atoms with E-state index in [4.69, 9.17) is 29.3 Å². The predicted octanol–water partition coefficient (Wildman–Crippen LogP) is 3.22. The van der Waals surface area contributed by atoms with Gasteiger partial charge in [0.2, 0.25) is 0 Å². The molecule has 3 heterocycles. The second kappa shape index (κ2) is 10.8. The molecular weight excluding hydrogens is 506 g/mol. The van der Waals surface area contributed by atoms with Crippen LogP contribution >= 0.6 is 15.9 Å². The zero-order valence-electron chi connectivity index (χ0n) is 18.5. The number of para-hydroxylation sites is 1. The summed E-state index contributed by atoms with van der Waals surface area (Å²) in [7, 11) is 0. The molecule has 0 bridgehead atoms. The molecule has 2 aliphatic heterocycles. The Labute approximate surface area is 205 Å². The summed E-state index contributed by atoms with van der Waals surface area (Å²) < 4.78 is 12.8. The third kappa shape index (κ3) is 5.63. The second-order valence-corrected chi connectivity index (χ2v) is 8.91. The van der Waals surface area contributed by atoms with E-state index < -0.39 is 11.9 Å². The van der Waals surface area contributed by atoms with E-state index in [0.29, 0.717) is 13.2 Å². The van der Waals surface area contributed by atoms with Crippen molar-refractivity contribution in [1.82, 2.24) is 9.88 Å². The number of ether oxygens (including phenoxy) is 2. The van der Waals surface area contributed by atoms with Crippen molar-refractivity contribution in [1.29, 1.82) is 0 Å². The number of halogens is 1. The summed E-state index contributed by atoms with van der Waals surface area (Å²) in [6, 6.07) is 12.6. The Bertz CT molecular complexity index is 1160. The van der Waals surface area contributed by atoms with E-state index in [-0.39, 0.29) is 0 Å². The Kier molecular flexibility index (Phi) is 7.59. The SMILES string of the molecule is Brc1ccc2[nH]cc(CCN3CCN(c4cccc5c4OCCO5)CC3)c2c1.O=C(O)C(=O)O. The van der Waals surface area contributed by atoms with Gasteiger partial charge in [-0.1, -0.05) is 22.0 Å². The van der Waals surface area contributed by atoms with E-state index in [1.807, 2.05) is 6.07 Å². The number of H-pyrrole nitrogens is 1. The molecule has 34 heavy (non-hydrogen) atoms. The molecule has 3 N–H and O–H groups in total. The Hall–Kier alpha value is -3.24. The Morgan fingerprint density at radius 3 is 2.47 bits per heavy atom. The number of nitrogens with zero attached hydrogens (tertiary/aromatic N) is 2. The summed E-state index contributed by atoms with van der Waals surface area (Å²) in [6.07, 6.45) is 3.22. The number of carboxylic acid groups (broad SMARTS) is 2. The fourth-order valence-corrected chi connectivity index (χ4v) is 4.52. The number of hydrogen-bond acceptors (Lipinski definition) is 6. The number of aromatic nitrogens is 1. The number of rotatable bonds is 4. The topological polar surface area (TPSA) is 115 Å². The first-order valence-electron chi connectivity index (χ1n) is 11.0. The quantitative estimate of drug-likeness (QED) is 0.439. The number of nitrogens with one attached hydrogen (secondary N) is 1. The number of aromatic amines is 1. The first-order chi connectivity index (χ1) is 16.4. The molecule has 5 rings (SSSR count). The first kappa shape index (κ1) is 23.9. The van der Waals surface area contributed by atoms with Gasteiger partial charge >= 0.3 is 11.9 Å². The van der Waals surface area contributed by atoms with E-state index in [1.54, 1.807) is 0 Å². The van der Waals surface area contributed by atoms with Gasteiger partial charge in [0.25, 0.3) is 0 Å². The van der Waals surface area contributed by atoms with Gasteiger partial charge in [-0.2, -0.15) is 0 Å². The number of piperazine rings is 1. The second-order valence-electron chi connectivity index (χ2n) is 7.99. The minimum atomic E-state index is -1.82. The van der Waals surface area contributed by atoms with Gasteiger partial charge in [0.15, 0.2) is 11.5 Å². The van der Waals surface area contributed by atoms with Crippen LogP contribution in [0.25, 0.3) is 10.9 Å². The smallest absolute Gasteiger partial charge is 0.414 e. The summed E-state index contributed by atoms with van der Waals surface area (Å²) in [5.41, 5.74) is 3.76. The maximum atomic E-state index is 9.10. The fraction of sp³-hybridized carbons (Fsp3) is 0.333. The standard InChI is InChI=1S/C22H24BrN3O2.C2H2O4/c23-17-4-5-19-18(14-17)16(15-24-19)6-7-25-8-10-26(11-9-25)20-2-1-3-21-22(20)28-13-12-27-21;3-1(4)2(5)6/h1-5,14-15,24H,6-13H2;(H,3,4)(H,5,6). The average molecular weight is 532 g/mol. The molecule has 10 heteroatoms. The highest BCUT2D eigenvalue weighted by Gasteiger charge is 2.23. The van der Waals surface area contributed by atoms with Gasteiger partial charge in [-0.15, -0.1) is 0 Å². The lowest BCUT2D eigenvalue weighted by Crippen LogP contribution is -2.47. The minimum Gasteiger partial charge on any atom is -0.486 e. The molecule has 1 saturated heterocycles. The van der Waals surface area contributed by atoms with Crippen LogP contribution in [0.4, 0.5) is 5.69 Å².